The first-order valence-electron chi connectivity index (χ1n) is 5.64. The van der Waals surface area contributed by atoms with Gasteiger partial charge in [0.25, 0.3) is 5.91 Å². The first-order chi connectivity index (χ1) is 9.61. The molecule has 0 aliphatic carbocycles. The topological polar surface area (TPSA) is 79.2 Å². The molecule has 2 heterocycles. The monoisotopic (exact) mass is 306 g/mol. The Morgan fingerprint density at radius 3 is 2.80 bits per heavy atom. The van der Waals surface area contributed by atoms with Crippen molar-refractivity contribution in [3.8, 4) is 6.07 Å². The summed E-state index contributed by atoms with van der Waals surface area (Å²) in [6.45, 7) is 1.49. The molecular formula is C13H10N2O3S2. The molecule has 5 nitrogen and oxygen atoms in total. The normalized spacial score (nSPS) is 11.4. The van der Waals surface area contributed by atoms with Crippen LogP contribution in [0.5, 0.6) is 0 Å². The molecule has 0 saturated heterocycles. The molecule has 2 aromatic rings. The molecule has 1 atom stereocenters. The van der Waals surface area contributed by atoms with Crippen molar-refractivity contribution in [3.05, 3.63) is 39.4 Å². The lowest BCUT2D eigenvalue weighted by molar-refractivity contribution is -0.123. The Kier molecular flexibility index (Phi) is 4.50. The van der Waals surface area contributed by atoms with E-state index in [0.717, 1.165) is 0 Å². The molecule has 2 aromatic heterocycles. The van der Waals surface area contributed by atoms with Crippen molar-refractivity contribution in [1.29, 1.82) is 5.26 Å². The van der Waals surface area contributed by atoms with Crippen molar-refractivity contribution in [2.45, 2.75) is 13.0 Å². The molecule has 0 radical (unpaired) electrons. The summed E-state index contributed by atoms with van der Waals surface area (Å²) in [6, 6.07) is 6.95. The summed E-state index contributed by atoms with van der Waals surface area (Å²) in [5.41, 5.74) is 0.389. The first kappa shape index (κ1) is 14.2. The smallest absolute Gasteiger partial charge is 0.349 e. The Labute approximate surface area is 123 Å². The Bertz CT molecular complexity index is 655. The number of ether oxygens (including phenoxy) is 1. The summed E-state index contributed by atoms with van der Waals surface area (Å²) in [5.74, 6) is -0.997. The van der Waals surface area contributed by atoms with Crippen LogP contribution in [0.4, 0.5) is 5.00 Å². The third-order valence-corrected chi connectivity index (χ3v) is 4.08. The quantitative estimate of drug-likeness (QED) is 0.881. The number of nitriles is 1. The Morgan fingerprint density at radius 1 is 1.35 bits per heavy atom. The number of thiophene rings is 2. The highest BCUT2D eigenvalue weighted by Gasteiger charge is 2.20. The summed E-state index contributed by atoms with van der Waals surface area (Å²) in [5, 5.41) is 15.3. The molecule has 0 fully saturated rings. The van der Waals surface area contributed by atoms with E-state index in [0.29, 0.717) is 15.4 Å². The van der Waals surface area contributed by atoms with E-state index >= 15 is 0 Å². The van der Waals surface area contributed by atoms with Crippen molar-refractivity contribution in [2.24, 2.45) is 0 Å². The van der Waals surface area contributed by atoms with Gasteiger partial charge >= 0.3 is 5.97 Å². The number of carbonyl (C=O) groups excluding carboxylic acids is 2. The lowest BCUT2D eigenvalue weighted by Crippen LogP contribution is -2.29. The zero-order chi connectivity index (χ0) is 14.5. The van der Waals surface area contributed by atoms with Crippen LogP contribution >= 0.6 is 22.7 Å². The minimum atomic E-state index is -0.932. The molecule has 1 N–H and O–H groups in total. The average Bonchev–Trinajstić information content (AvgIpc) is 3.09. The van der Waals surface area contributed by atoms with Crippen molar-refractivity contribution in [3.63, 3.8) is 0 Å². The van der Waals surface area contributed by atoms with E-state index < -0.39 is 18.0 Å². The first-order valence-corrected chi connectivity index (χ1v) is 7.40. The van der Waals surface area contributed by atoms with Crippen LogP contribution in [0.3, 0.4) is 0 Å². The van der Waals surface area contributed by atoms with Crippen molar-refractivity contribution < 1.29 is 14.3 Å². The van der Waals surface area contributed by atoms with Gasteiger partial charge in [-0.05, 0) is 29.8 Å². The van der Waals surface area contributed by atoms with Gasteiger partial charge in [0, 0.05) is 0 Å². The van der Waals surface area contributed by atoms with Crippen LogP contribution in [0.25, 0.3) is 0 Å². The number of amides is 1. The fourth-order valence-corrected chi connectivity index (χ4v) is 2.72. The maximum Gasteiger partial charge on any atom is 0.349 e. The molecule has 0 aromatic carbocycles. The van der Waals surface area contributed by atoms with Crippen LogP contribution in [-0.2, 0) is 9.53 Å². The van der Waals surface area contributed by atoms with Gasteiger partial charge in [0.2, 0.25) is 0 Å². The van der Waals surface area contributed by atoms with Crippen LogP contribution < -0.4 is 5.32 Å². The maximum absolute atomic E-state index is 11.9. The highest BCUT2D eigenvalue weighted by molar-refractivity contribution is 7.14. The van der Waals surface area contributed by atoms with Gasteiger partial charge in [-0.25, -0.2) is 4.79 Å². The average molecular weight is 306 g/mol. The van der Waals surface area contributed by atoms with Gasteiger partial charge < -0.3 is 10.1 Å². The summed E-state index contributed by atoms with van der Waals surface area (Å²) in [7, 11) is 0. The van der Waals surface area contributed by atoms with E-state index in [2.05, 4.69) is 5.32 Å². The highest BCUT2D eigenvalue weighted by Crippen LogP contribution is 2.22. The van der Waals surface area contributed by atoms with Crippen LogP contribution in [0.1, 0.15) is 22.2 Å². The predicted octanol–water partition coefficient (Wildman–Crippen LogP) is 2.87. The van der Waals surface area contributed by atoms with Gasteiger partial charge in [-0.2, -0.15) is 5.26 Å². The zero-order valence-electron chi connectivity index (χ0n) is 10.5. The SMILES string of the molecule is CC(OC(=O)c1cccs1)C(=O)Nc1sccc1C#N. The second kappa shape index (κ2) is 6.32. The molecule has 102 valence electrons. The number of nitrogens with one attached hydrogen (secondary N) is 1. The molecule has 1 unspecified atom stereocenters. The molecule has 0 bridgehead atoms. The van der Waals surface area contributed by atoms with E-state index in [9.17, 15) is 9.59 Å². The number of carbonyl (C=O) groups is 2. The minimum Gasteiger partial charge on any atom is -0.448 e. The van der Waals surface area contributed by atoms with Gasteiger partial charge in [0.1, 0.15) is 15.9 Å². The number of rotatable bonds is 4. The maximum atomic E-state index is 11.9. The van der Waals surface area contributed by atoms with Gasteiger partial charge in [0.05, 0.1) is 5.56 Å². The van der Waals surface area contributed by atoms with E-state index in [1.54, 1.807) is 29.0 Å². The minimum absolute atomic E-state index is 0.389. The largest absolute Gasteiger partial charge is 0.448 e. The molecule has 20 heavy (non-hydrogen) atoms. The van der Waals surface area contributed by atoms with E-state index in [1.165, 1.54) is 29.6 Å². The fraction of sp³-hybridized carbons (Fsp3) is 0.154. The molecule has 0 aliphatic rings. The second-order valence-corrected chi connectivity index (χ2v) is 5.65. The number of hydrogen-bond donors (Lipinski definition) is 1. The second-order valence-electron chi connectivity index (χ2n) is 3.79. The molecule has 0 spiro atoms. The van der Waals surface area contributed by atoms with Crippen LogP contribution in [0, 0.1) is 11.3 Å². The van der Waals surface area contributed by atoms with E-state index in [4.69, 9.17) is 10.00 Å². The molecule has 2 rings (SSSR count). The van der Waals surface area contributed by atoms with Gasteiger partial charge in [-0.1, -0.05) is 6.07 Å². The molecular weight excluding hydrogens is 296 g/mol. The summed E-state index contributed by atoms with van der Waals surface area (Å²) >= 11 is 2.49. The molecule has 0 saturated carbocycles. The summed E-state index contributed by atoms with van der Waals surface area (Å²) in [4.78, 5) is 24.0. The molecule has 7 heteroatoms. The lowest BCUT2D eigenvalue weighted by Gasteiger charge is -2.12. The van der Waals surface area contributed by atoms with Crippen molar-refractivity contribution in [1.82, 2.24) is 0 Å². The van der Waals surface area contributed by atoms with Gasteiger partial charge in [-0.15, -0.1) is 22.7 Å². The van der Waals surface area contributed by atoms with Gasteiger partial charge in [-0.3, -0.25) is 4.79 Å². The number of nitrogens with zero attached hydrogens (tertiary/aromatic N) is 1. The standard InChI is InChI=1S/C13H10N2O3S2/c1-8(18-13(17)10-3-2-5-19-10)11(16)15-12-9(7-14)4-6-20-12/h2-6,8H,1H3,(H,15,16). The van der Waals surface area contributed by atoms with E-state index in [1.807, 2.05) is 6.07 Å². The highest BCUT2D eigenvalue weighted by atomic mass is 32.1. The van der Waals surface area contributed by atoms with Crippen LogP contribution in [-0.4, -0.2) is 18.0 Å². The fourth-order valence-electron chi connectivity index (χ4n) is 1.37. The van der Waals surface area contributed by atoms with Crippen molar-refractivity contribution >= 4 is 39.6 Å². The Morgan fingerprint density at radius 2 is 2.15 bits per heavy atom. The number of esters is 1. The zero-order valence-corrected chi connectivity index (χ0v) is 12.1. The third kappa shape index (κ3) is 3.23. The number of hydrogen-bond acceptors (Lipinski definition) is 6. The van der Waals surface area contributed by atoms with Crippen molar-refractivity contribution in [2.75, 3.05) is 5.32 Å². The Balaban J connectivity index is 1.96. The number of anilines is 1. The van der Waals surface area contributed by atoms with Crippen LogP contribution in [0.15, 0.2) is 29.0 Å². The van der Waals surface area contributed by atoms with Crippen LogP contribution in [0.2, 0.25) is 0 Å². The lowest BCUT2D eigenvalue weighted by atomic mass is 10.3. The molecule has 1 amide bonds. The van der Waals surface area contributed by atoms with E-state index in [-0.39, 0.29) is 0 Å². The molecule has 0 aliphatic heterocycles. The Hall–Kier alpha value is -2.17. The predicted molar refractivity (Wildman–Crippen MR) is 76.9 cm³/mol. The third-order valence-electron chi connectivity index (χ3n) is 2.40. The summed E-state index contributed by atoms with van der Waals surface area (Å²) in [6.07, 6.45) is -0.932. The van der Waals surface area contributed by atoms with Gasteiger partial charge in [0.15, 0.2) is 6.10 Å². The summed E-state index contributed by atoms with van der Waals surface area (Å²) < 4.78 is 5.06.